The first-order valence-electron chi connectivity index (χ1n) is 11.1. The number of nitrogens with zero attached hydrogens (tertiary/aromatic N) is 3. The number of ether oxygens (including phenoxy) is 1. The Kier molecular flexibility index (Phi) is 6.83. The number of hydrogen-bond acceptors (Lipinski definition) is 5. The van der Waals surface area contributed by atoms with Crippen molar-refractivity contribution >= 4 is 35.0 Å². The Hall–Kier alpha value is -3.29. The molecule has 1 N–H and O–H groups in total. The Morgan fingerprint density at radius 2 is 1.74 bits per heavy atom. The lowest BCUT2D eigenvalue weighted by atomic mass is 10.1. The summed E-state index contributed by atoms with van der Waals surface area (Å²) >= 11 is 7.84. The van der Waals surface area contributed by atoms with Gasteiger partial charge in [0.25, 0.3) is 5.91 Å². The smallest absolute Gasteiger partial charge is 0.255 e. The van der Waals surface area contributed by atoms with Gasteiger partial charge in [0.2, 0.25) is 0 Å². The maximum Gasteiger partial charge on any atom is 0.255 e. The number of para-hydroxylation sites is 2. The molecule has 1 aliphatic rings. The van der Waals surface area contributed by atoms with Crippen LogP contribution in [-0.2, 0) is 12.4 Å². The molecule has 0 spiro atoms. The molecule has 5 rings (SSSR count). The average Bonchev–Trinajstić information content (AvgIpc) is 3.63. The highest BCUT2D eigenvalue weighted by molar-refractivity contribution is 7.98. The summed E-state index contributed by atoms with van der Waals surface area (Å²) in [4.78, 5) is 12.5. The maximum atomic E-state index is 12.5. The minimum Gasteiger partial charge on any atom is -0.484 e. The molecule has 1 aliphatic carbocycles. The lowest BCUT2D eigenvalue weighted by Crippen LogP contribution is -2.11. The number of hydrogen-bond donors (Lipinski definition) is 1. The van der Waals surface area contributed by atoms with Crippen LogP contribution in [0.15, 0.2) is 84.0 Å². The summed E-state index contributed by atoms with van der Waals surface area (Å²) in [6, 6.07) is 24.9. The second kappa shape index (κ2) is 10.3. The summed E-state index contributed by atoms with van der Waals surface area (Å²) in [5.74, 6) is 2.05. The van der Waals surface area contributed by atoms with E-state index < -0.39 is 0 Å². The molecule has 1 fully saturated rings. The molecule has 1 heterocycles. The molecule has 4 aromatic rings. The number of aromatic nitrogens is 3. The SMILES string of the molecule is O=C(Nc1ccccc1)c1ccc(CSc2nnc(COc3ccccc3Cl)n2C2CC2)cc1. The van der Waals surface area contributed by atoms with Gasteiger partial charge in [0.15, 0.2) is 11.0 Å². The summed E-state index contributed by atoms with van der Waals surface area (Å²) in [5, 5.41) is 13.2. The van der Waals surface area contributed by atoms with Crippen LogP contribution in [0.1, 0.15) is 40.6 Å². The fourth-order valence-electron chi connectivity index (χ4n) is 3.53. The van der Waals surface area contributed by atoms with Crippen LogP contribution in [-0.4, -0.2) is 20.7 Å². The van der Waals surface area contributed by atoms with Crippen molar-refractivity contribution in [3.63, 3.8) is 0 Å². The minimum absolute atomic E-state index is 0.123. The Balaban J connectivity index is 1.21. The molecule has 8 heteroatoms. The Labute approximate surface area is 207 Å². The number of halogens is 1. The molecule has 0 radical (unpaired) electrons. The predicted molar refractivity (Wildman–Crippen MR) is 134 cm³/mol. The molecule has 0 aliphatic heterocycles. The lowest BCUT2D eigenvalue weighted by Gasteiger charge is -2.11. The Morgan fingerprint density at radius 1 is 1.00 bits per heavy atom. The van der Waals surface area contributed by atoms with Gasteiger partial charge in [-0.05, 0) is 54.8 Å². The van der Waals surface area contributed by atoms with Gasteiger partial charge >= 0.3 is 0 Å². The van der Waals surface area contributed by atoms with Gasteiger partial charge in [-0.15, -0.1) is 10.2 Å². The number of carbonyl (C=O) groups is 1. The third kappa shape index (κ3) is 5.43. The van der Waals surface area contributed by atoms with Crippen molar-refractivity contribution in [3.05, 3.63) is 101 Å². The fraction of sp³-hybridized carbons (Fsp3) is 0.192. The van der Waals surface area contributed by atoms with E-state index in [0.29, 0.717) is 29.0 Å². The Morgan fingerprint density at radius 3 is 2.47 bits per heavy atom. The summed E-state index contributed by atoms with van der Waals surface area (Å²) in [7, 11) is 0. The lowest BCUT2D eigenvalue weighted by molar-refractivity contribution is 0.102. The standard InChI is InChI=1S/C26H23ClN4O2S/c27-22-8-4-5-9-23(22)33-16-24-29-30-26(31(24)21-14-15-21)34-17-18-10-12-19(13-11-18)25(32)28-20-6-2-1-3-7-20/h1-13,21H,14-17H2,(H,28,32). The molecule has 0 saturated heterocycles. The molecule has 172 valence electrons. The largest absolute Gasteiger partial charge is 0.484 e. The maximum absolute atomic E-state index is 12.5. The third-order valence-corrected chi connectivity index (χ3v) is 6.78. The van der Waals surface area contributed by atoms with Crippen LogP contribution in [0.5, 0.6) is 5.75 Å². The van der Waals surface area contributed by atoms with E-state index in [9.17, 15) is 4.79 Å². The molecular weight excluding hydrogens is 468 g/mol. The van der Waals surface area contributed by atoms with E-state index in [4.69, 9.17) is 16.3 Å². The molecule has 0 bridgehead atoms. The normalized spacial score (nSPS) is 13.0. The van der Waals surface area contributed by atoms with Crippen molar-refractivity contribution in [2.75, 3.05) is 5.32 Å². The number of rotatable bonds is 9. The van der Waals surface area contributed by atoms with E-state index >= 15 is 0 Å². The fourth-order valence-corrected chi connectivity index (χ4v) is 4.70. The predicted octanol–water partition coefficient (Wildman–Crippen LogP) is 6.39. The first-order chi connectivity index (χ1) is 16.7. The van der Waals surface area contributed by atoms with E-state index in [0.717, 1.165) is 40.8 Å². The van der Waals surface area contributed by atoms with Gasteiger partial charge < -0.3 is 10.1 Å². The van der Waals surface area contributed by atoms with E-state index in [1.54, 1.807) is 17.8 Å². The van der Waals surface area contributed by atoms with Gasteiger partial charge in [0.05, 0.1) is 5.02 Å². The van der Waals surface area contributed by atoms with Gasteiger partial charge in [-0.25, -0.2) is 0 Å². The van der Waals surface area contributed by atoms with Crippen LogP contribution >= 0.6 is 23.4 Å². The van der Waals surface area contributed by atoms with E-state index in [1.165, 1.54) is 0 Å². The summed E-state index contributed by atoms with van der Waals surface area (Å²) < 4.78 is 8.08. The zero-order valence-corrected chi connectivity index (χ0v) is 19.9. The molecule has 34 heavy (non-hydrogen) atoms. The van der Waals surface area contributed by atoms with E-state index in [1.807, 2.05) is 72.8 Å². The van der Waals surface area contributed by atoms with Gasteiger partial charge in [-0.2, -0.15) is 0 Å². The van der Waals surface area contributed by atoms with Gasteiger partial charge in [-0.3, -0.25) is 9.36 Å². The van der Waals surface area contributed by atoms with Gasteiger partial charge in [0, 0.05) is 23.0 Å². The number of nitrogens with one attached hydrogen (secondary N) is 1. The van der Waals surface area contributed by atoms with Crippen LogP contribution in [0, 0.1) is 0 Å². The average molecular weight is 491 g/mol. The third-order valence-electron chi connectivity index (χ3n) is 5.46. The summed E-state index contributed by atoms with van der Waals surface area (Å²) in [5.41, 5.74) is 2.51. The molecule has 3 aromatic carbocycles. The number of thioether (sulfide) groups is 1. The molecule has 6 nitrogen and oxygen atoms in total. The highest BCUT2D eigenvalue weighted by Crippen LogP contribution is 2.39. The van der Waals surface area contributed by atoms with Crippen molar-refractivity contribution < 1.29 is 9.53 Å². The number of anilines is 1. The van der Waals surface area contributed by atoms with E-state index in [-0.39, 0.29) is 5.91 Å². The Bertz CT molecular complexity index is 1270. The molecule has 0 atom stereocenters. The molecular formula is C26H23ClN4O2S. The van der Waals surface area contributed by atoms with Gasteiger partial charge in [0.1, 0.15) is 12.4 Å². The van der Waals surface area contributed by atoms with Crippen molar-refractivity contribution in [1.82, 2.24) is 14.8 Å². The molecule has 1 amide bonds. The highest BCUT2D eigenvalue weighted by Gasteiger charge is 2.30. The second-order valence-electron chi connectivity index (χ2n) is 8.02. The first-order valence-corrected chi connectivity index (χ1v) is 12.4. The molecule has 1 aromatic heterocycles. The monoisotopic (exact) mass is 490 g/mol. The van der Waals surface area contributed by atoms with Crippen molar-refractivity contribution in [3.8, 4) is 5.75 Å². The quantitative estimate of drug-likeness (QED) is 0.275. The van der Waals surface area contributed by atoms with Crippen LogP contribution in [0.4, 0.5) is 5.69 Å². The topological polar surface area (TPSA) is 69.0 Å². The van der Waals surface area contributed by atoms with Crippen molar-refractivity contribution in [2.24, 2.45) is 0 Å². The number of amides is 1. The van der Waals surface area contributed by atoms with Gasteiger partial charge in [-0.1, -0.05) is 65.8 Å². The van der Waals surface area contributed by atoms with E-state index in [2.05, 4.69) is 20.1 Å². The summed E-state index contributed by atoms with van der Waals surface area (Å²) in [6.45, 7) is 0.318. The zero-order chi connectivity index (χ0) is 23.3. The molecule has 0 unspecified atom stereocenters. The number of carbonyl (C=O) groups excluding carboxylic acids is 1. The van der Waals surface area contributed by atoms with Crippen molar-refractivity contribution in [2.45, 2.75) is 36.4 Å². The zero-order valence-electron chi connectivity index (χ0n) is 18.4. The van der Waals surface area contributed by atoms with Crippen LogP contribution < -0.4 is 10.1 Å². The highest BCUT2D eigenvalue weighted by atomic mass is 35.5. The van der Waals surface area contributed by atoms with Crippen LogP contribution in [0.25, 0.3) is 0 Å². The number of benzene rings is 3. The first kappa shape index (κ1) is 22.5. The second-order valence-corrected chi connectivity index (χ2v) is 9.37. The molecule has 1 saturated carbocycles. The van der Waals surface area contributed by atoms with Crippen LogP contribution in [0.2, 0.25) is 5.02 Å². The minimum atomic E-state index is -0.123. The van der Waals surface area contributed by atoms with Crippen molar-refractivity contribution in [1.29, 1.82) is 0 Å². The summed E-state index contributed by atoms with van der Waals surface area (Å²) in [6.07, 6.45) is 2.24. The van der Waals surface area contributed by atoms with Crippen LogP contribution in [0.3, 0.4) is 0 Å².